The van der Waals surface area contributed by atoms with Crippen LogP contribution in [0.1, 0.15) is 13.8 Å². The molecule has 0 rings (SSSR count). The Hall–Kier alpha value is -0.200. The van der Waals surface area contributed by atoms with E-state index in [9.17, 15) is 10.1 Å². The predicted octanol–water partition coefficient (Wildman–Crippen LogP) is 1.38. The van der Waals surface area contributed by atoms with Crippen LogP contribution in [0.4, 0.5) is 0 Å². The highest BCUT2D eigenvalue weighted by atomic mass is 79.9. The lowest BCUT2D eigenvalue weighted by Crippen LogP contribution is -2.33. The highest BCUT2D eigenvalue weighted by Crippen LogP contribution is 2.11. The van der Waals surface area contributed by atoms with Gasteiger partial charge in [0.1, 0.15) is 0 Å². The van der Waals surface area contributed by atoms with Crippen LogP contribution >= 0.6 is 15.9 Å². The lowest BCUT2D eigenvalue weighted by atomic mass is 10.6. The Labute approximate surface area is 79.3 Å². The molecular weight excluding hydrogens is 230 g/mol. The largest absolute Gasteiger partial charge is 0.346 e. The topological polar surface area (TPSA) is 61.6 Å². The quantitative estimate of drug-likeness (QED) is 0.232. The van der Waals surface area contributed by atoms with Gasteiger partial charge in [0.05, 0.1) is 0 Å². The normalized spacial score (nSPS) is 13.3. The first-order chi connectivity index (χ1) is 5.63. The average Bonchev–Trinajstić information content (AvgIpc) is 2.03. The van der Waals surface area contributed by atoms with E-state index in [1.807, 2.05) is 0 Å². The van der Waals surface area contributed by atoms with Crippen LogP contribution in [0.15, 0.2) is 0 Å². The minimum Gasteiger partial charge on any atom is -0.346 e. The van der Waals surface area contributed by atoms with Crippen molar-refractivity contribution >= 4 is 15.9 Å². The summed E-state index contributed by atoms with van der Waals surface area (Å²) in [5.41, 5.74) is 0. The van der Waals surface area contributed by atoms with Crippen LogP contribution in [-0.2, 0) is 9.47 Å². The van der Waals surface area contributed by atoms with Gasteiger partial charge in [-0.3, -0.25) is 10.1 Å². The summed E-state index contributed by atoms with van der Waals surface area (Å²) >= 11 is 2.86. The molecule has 0 amide bonds. The fourth-order valence-corrected chi connectivity index (χ4v) is 0.940. The molecule has 0 aliphatic carbocycles. The smallest absolute Gasteiger partial charge is 0.315 e. The van der Waals surface area contributed by atoms with Gasteiger partial charge in [0, 0.05) is 34.1 Å². The van der Waals surface area contributed by atoms with Crippen molar-refractivity contribution in [2.45, 2.75) is 25.1 Å². The van der Waals surface area contributed by atoms with Crippen molar-refractivity contribution in [1.82, 2.24) is 0 Å². The standard InChI is InChI=1S/C6H12BrNO4/c1-3-11-6(12-4-2)5(7)8(9)10/h5-6H,3-4H2,1-2H3. The van der Waals surface area contributed by atoms with Gasteiger partial charge in [0.15, 0.2) is 0 Å². The minimum absolute atomic E-state index is 0.389. The Kier molecular flexibility index (Phi) is 6.23. The second-order valence-corrected chi connectivity index (χ2v) is 2.88. The molecule has 0 saturated carbocycles. The molecule has 6 heteroatoms. The summed E-state index contributed by atoms with van der Waals surface area (Å²) < 4.78 is 9.99. The summed E-state index contributed by atoms with van der Waals surface area (Å²) in [6.45, 7) is 4.29. The van der Waals surface area contributed by atoms with Crippen molar-refractivity contribution in [3.05, 3.63) is 10.1 Å². The second-order valence-electron chi connectivity index (χ2n) is 1.94. The number of hydrogen-bond donors (Lipinski definition) is 0. The zero-order valence-electron chi connectivity index (χ0n) is 7.03. The zero-order valence-corrected chi connectivity index (χ0v) is 8.61. The molecule has 0 N–H and O–H groups in total. The summed E-state index contributed by atoms with van der Waals surface area (Å²) in [5.74, 6) is 0. The van der Waals surface area contributed by atoms with Gasteiger partial charge < -0.3 is 9.47 Å². The van der Waals surface area contributed by atoms with Gasteiger partial charge in [-0.1, -0.05) is 0 Å². The second kappa shape index (κ2) is 6.33. The molecule has 0 aromatic rings. The average molecular weight is 242 g/mol. The molecule has 12 heavy (non-hydrogen) atoms. The third-order valence-electron chi connectivity index (χ3n) is 1.09. The van der Waals surface area contributed by atoms with Crippen LogP contribution in [0.5, 0.6) is 0 Å². The lowest BCUT2D eigenvalue weighted by molar-refractivity contribution is -0.518. The van der Waals surface area contributed by atoms with E-state index in [1.54, 1.807) is 13.8 Å². The molecule has 1 unspecified atom stereocenters. The van der Waals surface area contributed by atoms with Crippen molar-refractivity contribution in [1.29, 1.82) is 0 Å². The van der Waals surface area contributed by atoms with Crippen LogP contribution < -0.4 is 0 Å². The zero-order chi connectivity index (χ0) is 9.56. The van der Waals surface area contributed by atoms with E-state index in [-0.39, 0.29) is 0 Å². The molecule has 0 bridgehead atoms. The maximum atomic E-state index is 10.3. The summed E-state index contributed by atoms with van der Waals surface area (Å²) in [7, 11) is 0. The predicted molar refractivity (Wildman–Crippen MR) is 46.7 cm³/mol. The number of alkyl halides is 1. The maximum absolute atomic E-state index is 10.3. The Morgan fingerprint density at radius 1 is 1.42 bits per heavy atom. The highest BCUT2D eigenvalue weighted by Gasteiger charge is 2.29. The highest BCUT2D eigenvalue weighted by molar-refractivity contribution is 9.09. The van der Waals surface area contributed by atoms with Gasteiger partial charge in [-0.05, 0) is 13.8 Å². The number of halogens is 1. The molecule has 0 saturated heterocycles. The van der Waals surface area contributed by atoms with Gasteiger partial charge in [-0.25, -0.2) is 0 Å². The number of nitro groups is 1. The summed E-state index contributed by atoms with van der Waals surface area (Å²) in [6.07, 6.45) is -0.810. The van der Waals surface area contributed by atoms with Crippen LogP contribution in [-0.4, -0.2) is 29.4 Å². The Balaban J connectivity index is 3.98. The third kappa shape index (κ3) is 3.99. The summed E-state index contributed by atoms with van der Waals surface area (Å²) in [5, 5.41) is 10.3. The Morgan fingerprint density at radius 2 is 1.83 bits per heavy atom. The van der Waals surface area contributed by atoms with E-state index in [1.165, 1.54) is 0 Å². The number of ether oxygens (including phenoxy) is 2. The number of hydrogen-bond acceptors (Lipinski definition) is 4. The van der Waals surface area contributed by atoms with Crippen LogP contribution in [0.3, 0.4) is 0 Å². The Morgan fingerprint density at radius 3 is 2.08 bits per heavy atom. The van der Waals surface area contributed by atoms with Crippen molar-refractivity contribution in [2.75, 3.05) is 13.2 Å². The molecule has 0 spiro atoms. The molecule has 0 radical (unpaired) electrons. The van der Waals surface area contributed by atoms with Crippen molar-refractivity contribution in [2.24, 2.45) is 0 Å². The Bertz CT molecular complexity index is 138. The van der Waals surface area contributed by atoms with E-state index >= 15 is 0 Å². The van der Waals surface area contributed by atoms with Crippen LogP contribution in [0.2, 0.25) is 0 Å². The summed E-state index contributed by atoms with van der Waals surface area (Å²) in [4.78, 5) is 8.80. The van der Waals surface area contributed by atoms with Gasteiger partial charge in [-0.15, -0.1) is 0 Å². The van der Waals surface area contributed by atoms with Gasteiger partial charge in [-0.2, -0.15) is 0 Å². The fourth-order valence-electron chi connectivity index (χ4n) is 0.635. The molecule has 1 atom stereocenters. The minimum atomic E-state index is -1.00. The first kappa shape index (κ1) is 11.8. The van der Waals surface area contributed by atoms with Crippen molar-refractivity contribution in [3.8, 4) is 0 Å². The first-order valence-electron chi connectivity index (χ1n) is 3.64. The van der Waals surface area contributed by atoms with E-state index < -0.39 is 16.2 Å². The monoisotopic (exact) mass is 241 g/mol. The molecule has 5 nitrogen and oxygen atoms in total. The molecule has 0 aromatic heterocycles. The molecule has 0 aromatic carbocycles. The molecule has 0 aliphatic rings. The number of rotatable bonds is 6. The van der Waals surface area contributed by atoms with E-state index in [2.05, 4.69) is 15.9 Å². The van der Waals surface area contributed by atoms with Crippen LogP contribution in [0, 0.1) is 10.1 Å². The molecule has 72 valence electrons. The van der Waals surface area contributed by atoms with E-state index in [0.717, 1.165) is 0 Å². The number of nitrogens with zero attached hydrogens (tertiary/aromatic N) is 1. The first-order valence-corrected chi connectivity index (χ1v) is 4.55. The molecular formula is C6H12BrNO4. The fraction of sp³-hybridized carbons (Fsp3) is 1.00. The van der Waals surface area contributed by atoms with E-state index in [4.69, 9.17) is 9.47 Å². The SMILES string of the molecule is CCOC(OCC)C(Br)[N+](=O)[O-]. The molecule has 0 aliphatic heterocycles. The maximum Gasteiger partial charge on any atom is 0.315 e. The van der Waals surface area contributed by atoms with E-state index in [0.29, 0.717) is 13.2 Å². The summed E-state index contributed by atoms with van der Waals surface area (Å²) in [6, 6.07) is 0. The lowest BCUT2D eigenvalue weighted by Gasteiger charge is -2.16. The van der Waals surface area contributed by atoms with Gasteiger partial charge >= 0.3 is 4.95 Å². The molecule has 0 heterocycles. The van der Waals surface area contributed by atoms with Gasteiger partial charge in [0.25, 0.3) is 0 Å². The van der Waals surface area contributed by atoms with Gasteiger partial charge in [0.2, 0.25) is 6.29 Å². The van der Waals surface area contributed by atoms with Crippen molar-refractivity contribution in [3.63, 3.8) is 0 Å². The third-order valence-corrected chi connectivity index (χ3v) is 1.85. The van der Waals surface area contributed by atoms with Crippen molar-refractivity contribution < 1.29 is 14.4 Å². The van der Waals surface area contributed by atoms with Crippen LogP contribution in [0.25, 0.3) is 0 Å². The molecule has 0 fully saturated rings.